The third-order valence-corrected chi connectivity index (χ3v) is 3.99. The van der Waals surface area contributed by atoms with Crippen molar-refractivity contribution in [1.82, 2.24) is 4.90 Å². The van der Waals surface area contributed by atoms with Gasteiger partial charge in [-0.3, -0.25) is 4.79 Å². The van der Waals surface area contributed by atoms with Crippen LogP contribution in [-0.4, -0.2) is 29.9 Å². The van der Waals surface area contributed by atoms with E-state index in [-0.39, 0.29) is 12.0 Å². The molecule has 0 radical (unpaired) electrons. The molecule has 0 aromatic rings. The van der Waals surface area contributed by atoms with Gasteiger partial charge in [-0.15, -0.1) is 0 Å². The first-order valence-corrected chi connectivity index (χ1v) is 6.41. The average molecular weight is 222 g/mol. The zero-order valence-corrected chi connectivity index (χ0v) is 10.1. The molecule has 1 aliphatic heterocycles. The molecule has 90 valence electrons. The van der Waals surface area contributed by atoms with E-state index in [0.717, 1.165) is 38.8 Å². The van der Waals surface area contributed by atoms with E-state index < -0.39 is 0 Å². The lowest BCUT2D eigenvalue weighted by atomic mass is 9.90. The molecular formula is C13H22N2O. The molecule has 3 heteroatoms. The van der Waals surface area contributed by atoms with Gasteiger partial charge in [0, 0.05) is 25.0 Å². The number of carbonyl (C=O) groups excluding carboxylic acids is 1. The highest BCUT2D eigenvalue weighted by atomic mass is 16.2. The number of nitrogens with two attached hydrogens (primary N) is 1. The average Bonchev–Trinajstić information content (AvgIpc) is 2.82. The zero-order chi connectivity index (χ0) is 11.5. The van der Waals surface area contributed by atoms with Crippen LogP contribution in [0.15, 0.2) is 12.2 Å². The van der Waals surface area contributed by atoms with E-state index >= 15 is 0 Å². The van der Waals surface area contributed by atoms with Gasteiger partial charge < -0.3 is 10.6 Å². The highest BCUT2D eigenvalue weighted by Crippen LogP contribution is 2.24. The number of carbonyl (C=O) groups is 1. The minimum Gasteiger partial charge on any atom is -0.342 e. The summed E-state index contributed by atoms with van der Waals surface area (Å²) in [6.45, 7) is 3.88. The summed E-state index contributed by atoms with van der Waals surface area (Å²) in [5, 5.41) is 0. The Kier molecular flexibility index (Phi) is 3.64. The Labute approximate surface area is 97.7 Å². The van der Waals surface area contributed by atoms with Crippen molar-refractivity contribution < 1.29 is 4.79 Å². The molecular weight excluding hydrogens is 200 g/mol. The lowest BCUT2D eigenvalue weighted by Crippen LogP contribution is -2.50. The zero-order valence-electron chi connectivity index (χ0n) is 10.1. The second-order valence-corrected chi connectivity index (χ2v) is 5.04. The summed E-state index contributed by atoms with van der Waals surface area (Å²) in [6, 6.07) is 0.288. The van der Waals surface area contributed by atoms with E-state index in [1.54, 1.807) is 0 Å². The Morgan fingerprint density at radius 3 is 2.75 bits per heavy atom. The number of hydrogen-bond acceptors (Lipinski definition) is 2. The summed E-state index contributed by atoms with van der Waals surface area (Å²) in [5.74, 6) is 1.05. The van der Waals surface area contributed by atoms with Gasteiger partial charge in [-0.1, -0.05) is 25.5 Å². The van der Waals surface area contributed by atoms with E-state index in [1.807, 2.05) is 4.90 Å². The van der Waals surface area contributed by atoms with Gasteiger partial charge >= 0.3 is 0 Å². The van der Waals surface area contributed by atoms with Gasteiger partial charge in [-0.2, -0.15) is 0 Å². The first kappa shape index (κ1) is 11.6. The number of amides is 1. The lowest BCUT2D eigenvalue weighted by Gasteiger charge is -2.37. The number of piperidine rings is 1. The van der Waals surface area contributed by atoms with Crippen LogP contribution in [0.3, 0.4) is 0 Å². The van der Waals surface area contributed by atoms with E-state index in [1.165, 1.54) is 0 Å². The molecule has 16 heavy (non-hydrogen) atoms. The Bertz CT molecular complexity index is 280. The quantitative estimate of drug-likeness (QED) is 0.720. The van der Waals surface area contributed by atoms with Crippen LogP contribution in [0.1, 0.15) is 32.6 Å². The minimum atomic E-state index is 0.215. The maximum atomic E-state index is 12.2. The fraction of sp³-hybridized carbons (Fsp3) is 0.769. The van der Waals surface area contributed by atoms with Gasteiger partial charge in [0.2, 0.25) is 5.91 Å². The molecule has 2 atom stereocenters. The van der Waals surface area contributed by atoms with Crippen LogP contribution in [0, 0.1) is 11.8 Å². The van der Waals surface area contributed by atoms with Gasteiger partial charge in [0.15, 0.2) is 0 Å². The third-order valence-electron chi connectivity index (χ3n) is 3.99. The SMILES string of the molecule is CCC1CN(C(=O)C2CC=CC2)CCC1N. The maximum Gasteiger partial charge on any atom is 0.226 e. The van der Waals surface area contributed by atoms with Crippen molar-refractivity contribution in [1.29, 1.82) is 0 Å². The minimum absolute atomic E-state index is 0.215. The van der Waals surface area contributed by atoms with Crippen LogP contribution >= 0.6 is 0 Å². The molecule has 0 aromatic heterocycles. The molecule has 0 aromatic carbocycles. The molecule has 0 spiro atoms. The summed E-state index contributed by atoms with van der Waals surface area (Å²) in [6.07, 6.45) is 8.14. The number of rotatable bonds is 2. The number of nitrogens with zero attached hydrogens (tertiary/aromatic N) is 1. The van der Waals surface area contributed by atoms with E-state index in [9.17, 15) is 4.79 Å². The predicted octanol–water partition coefficient (Wildman–Crippen LogP) is 1.54. The van der Waals surface area contributed by atoms with Gasteiger partial charge in [-0.25, -0.2) is 0 Å². The van der Waals surface area contributed by atoms with Crippen molar-refractivity contribution >= 4 is 5.91 Å². The molecule has 0 bridgehead atoms. The smallest absolute Gasteiger partial charge is 0.226 e. The number of hydrogen-bond donors (Lipinski definition) is 1. The number of likely N-dealkylation sites (tertiary alicyclic amines) is 1. The van der Waals surface area contributed by atoms with Crippen LogP contribution in [0.2, 0.25) is 0 Å². The predicted molar refractivity (Wildman–Crippen MR) is 64.8 cm³/mol. The first-order chi connectivity index (χ1) is 7.72. The molecule has 2 rings (SSSR count). The molecule has 1 amide bonds. The van der Waals surface area contributed by atoms with E-state index in [4.69, 9.17) is 5.73 Å². The molecule has 1 aliphatic carbocycles. The summed E-state index contributed by atoms with van der Waals surface area (Å²) < 4.78 is 0. The molecule has 1 fully saturated rings. The van der Waals surface area contributed by atoms with Crippen molar-refractivity contribution in [2.24, 2.45) is 17.6 Å². The van der Waals surface area contributed by atoms with Gasteiger partial charge in [0.25, 0.3) is 0 Å². The van der Waals surface area contributed by atoms with Gasteiger partial charge in [-0.05, 0) is 25.2 Å². The topological polar surface area (TPSA) is 46.3 Å². The summed E-state index contributed by atoms with van der Waals surface area (Å²) >= 11 is 0. The van der Waals surface area contributed by atoms with Crippen LogP contribution in [-0.2, 0) is 4.79 Å². The number of allylic oxidation sites excluding steroid dienone is 2. The highest BCUT2D eigenvalue weighted by Gasteiger charge is 2.31. The van der Waals surface area contributed by atoms with Crippen molar-refractivity contribution in [3.05, 3.63) is 12.2 Å². The molecule has 1 heterocycles. The highest BCUT2D eigenvalue weighted by molar-refractivity contribution is 5.79. The van der Waals surface area contributed by atoms with E-state index in [2.05, 4.69) is 19.1 Å². The standard InChI is InChI=1S/C13H22N2O/c1-2-10-9-15(8-7-12(10)14)13(16)11-5-3-4-6-11/h3-4,10-12H,2,5-9,14H2,1H3. The van der Waals surface area contributed by atoms with Crippen LogP contribution in [0.25, 0.3) is 0 Å². The summed E-state index contributed by atoms with van der Waals surface area (Å²) in [5.41, 5.74) is 6.06. The van der Waals surface area contributed by atoms with Crippen LogP contribution in [0.4, 0.5) is 0 Å². The van der Waals surface area contributed by atoms with Gasteiger partial charge in [0.1, 0.15) is 0 Å². The lowest BCUT2D eigenvalue weighted by molar-refractivity contribution is -0.137. The largest absolute Gasteiger partial charge is 0.342 e. The van der Waals surface area contributed by atoms with E-state index in [0.29, 0.717) is 11.8 Å². The fourth-order valence-electron chi connectivity index (χ4n) is 2.76. The monoisotopic (exact) mass is 222 g/mol. The molecule has 1 saturated heterocycles. The Balaban J connectivity index is 1.92. The Morgan fingerprint density at radius 2 is 2.12 bits per heavy atom. The molecule has 2 unspecified atom stereocenters. The molecule has 2 aliphatic rings. The summed E-state index contributed by atoms with van der Waals surface area (Å²) in [7, 11) is 0. The van der Waals surface area contributed by atoms with Crippen molar-refractivity contribution in [2.75, 3.05) is 13.1 Å². The molecule has 2 N–H and O–H groups in total. The normalized spacial score (nSPS) is 31.0. The second kappa shape index (κ2) is 5.00. The third kappa shape index (κ3) is 2.29. The first-order valence-electron chi connectivity index (χ1n) is 6.41. The maximum absolute atomic E-state index is 12.2. The van der Waals surface area contributed by atoms with Crippen LogP contribution in [0.5, 0.6) is 0 Å². The van der Waals surface area contributed by atoms with Gasteiger partial charge in [0.05, 0.1) is 0 Å². The molecule has 3 nitrogen and oxygen atoms in total. The summed E-state index contributed by atoms with van der Waals surface area (Å²) in [4.78, 5) is 14.3. The fourth-order valence-corrected chi connectivity index (χ4v) is 2.76. The van der Waals surface area contributed by atoms with Crippen molar-refractivity contribution in [2.45, 2.75) is 38.6 Å². The van der Waals surface area contributed by atoms with Crippen molar-refractivity contribution in [3.63, 3.8) is 0 Å². The Morgan fingerprint density at radius 1 is 1.44 bits per heavy atom. The van der Waals surface area contributed by atoms with Crippen molar-refractivity contribution in [3.8, 4) is 0 Å². The molecule has 0 saturated carbocycles. The Hall–Kier alpha value is -0.830. The second-order valence-electron chi connectivity index (χ2n) is 5.04. The van der Waals surface area contributed by atoms with Crippen LogP contribution < -0.4 is 5.73 Å².